The molecule has 1 aliphatic heterocycles. The van der Waals surface area contributed by atoms with E-state index in [1.807, 2.05) is 0 Å². The molecule has 1 atom stereocenters. The summed E-state index contributed by atoms with van der Waals surface area (Å²) in [5, 5.41) is 0. The summed E-state index contributed by atoms with van der Waals surface area (Å²) in [6, 6.07) is 5.75. The van der Waals surface area contributed by atoms with Gasteiger partial charge in [0.1, 0.15) is 23.9 Å². The lowest BCUT2D eigenvalue weighted by Crippen LogP contribution is -2.41. The highest BCUT2D eigenvalue weighted by molar-refractivity contribution is 5.77. The van der Waals surface area contributed by atoms with Gasteiger partial charge in [-0.15, -0.1) is 0 Å². The van der Waals surface area contributed by atoms with Gasteiger partial charge < -0.3 is 14.4 Å². The van der Waals surface area contributed by atoms with Gasteiger partial charge in [0.25, 0.3) is 0 Å². The Bertz CT molecular complexity index is 724. The predicted octanol–water partition coefficient (Wildman–Crippen LogP) is 2.76. The molecule has 1 unspecified atom stereocenters. The number of hydrogen-bond acceptors (Lipinski definition) is 5. The number of carbonyl (C=O) groups is 1. The van der Waals surface area contributed by atoms with E-state index in [1.165, 1.54) is 19.2 Å². The predicted molar refractivity (Wildman–Crippen MR) is 88.9 cm³/mol. The summed E-state index contributed by atoms with van der Waals surface area (Å²) in [5.41, 5.74) is 0.710. The lowest BCUT2D eigenvalue weighted by molar-refractivity contribution is -0.136. The second-order valence-electron chi connectivity index (χ2n) is 5.91. The van der Waals surface area contributed by atoms with E-state index < -0.39 is 0 Å². The summed E-state index contributed by atoms with van der Waals surface area (Å²) in [6.45, 7) is 1.35. The Morgan fingerprint density at radius 3 is 2.80 bits per heavy atom. The minimum atomic E-state index is -0.328. The van der Waals surface area contributed by atoms with Crippen molar-refractivity contribution in [3.8, 4) is 11.6 Å². The minimum Gasteiger partial charge on any atom is -0.437 e. The van der Waals surface area contributed by atoms with Gasteiger partial charge in [-0.05, 0) is 37.1 Å². The molecule has 0 radical (unpaired) electrons. The van der Waals surface area contributed by atoms with Crippen molar-refractivity contribution in [2.45, 2.75) is 18.8 Å². The first-order valence-electron chi connectivity index (χ1n) is 8.18. The van der Waals surface area contributed by atoms with Crippen LogP contribution in [0.1, 0.15) is 24.5 Å². The lowest BCUT2D eigenvalue weighted by atomic mass is 9.94. The number of nitrogens with zero attached hydrogens (tertiary/aromatic N) is 3. The van der Waals surface area contributed by atoms with Gasteiger partial charge in [0.15, 0.2) is 0 Å². The normalized spacial score (nSPS) is 17.4. The minimum absolute atomic E-state index is 0.0305. The van der Waals surface area contributed by atoms with Crippen LogP contribution in [0.2, 0.25) is 0 Å². The molecule has 3 rings (SSSR count). The molecule has 1 fully saturated rings. The fraction of sp³-hybridized carbons (Fsp3) is 0.389. The van der Waals surface area contributed by atoms with Crippen molar-refractivity contribution in [2.24, 2.45) is 0 Å². The molecule has 1 aromatic carbocycles. The van der Waals surface area contributed by atoms with Crippen molar-refractivity contribution in [1.29, 1.82) is 0 Å². The van der Waals surface area contributed by atoms with E-state index in [0.29, 0.717) is 30.4 Å². The molecule has 2 aromatic rings. The van der Waals surface area contributed by atoms with Gasteiger partial charge in [-0.3, -0.25) is 9.78 Å². The number of methoxy groups -OCH3 is 1. The Labute approximate surface area is 145 Å². The summed E-state index contributed by atoms with van der Waals surface area (Å²) in [5.74, 6) is 0.563. The van der Waals surface area contributed by atoms with Crippen LogP contribution in [0.5, 0.6) is 11.6 Å². The summed E-state index contributed by atoms with van der Waals surface area (Å²) in [6.07, 6.45) is 4.95. The Morgan fingerprint density at radius 1 is 1.28 bits per heavy atom. The number of halogens is 1. The van der Waals surface area contributed by atoms with Gasteiger partial charge in [0, 0.05) is 38.5 Å². The molecule has 6 nitrogen and oxygen atoms in total. The van der Waals surface area contributed by atoms with E-state index in [0.717, 1.165) is 12.8 Å². The number of benzene rings is 1. The lowest BCUT2D eigenvalue weighted by Gasteiger charge is -2.32. The highest BCUT2D eigenvalue weighted by Crippen LogP contribution is 2.32. The molecule has 0 spiro atoms. The molecule has 0 N–H and O–H groups in total. The average molecular weight is 345 g/mol. The van der Waals surface area contributed by atoms with Gasteiger partial charge in [-0.25, -0.2) is 9.37 Å². The number of aromatic nitrogens is 2. The maximum atomic E-state index is 13.0. The first kappa shape index (κ1) is 17.3. The number of piperidine rings is 1. The quantitative estimate of drug-likeness (QED) is 0.834. The third-order valence-electron chi connectivity index (χ3n) is 4.15. The highest BCUT2D eigenvalue weighted by atomic mass is 19.1. The van der Waals surface area contributed by atoms with Crippen molar-refractivity contribution < 1.29 is 18.7 Å². The van der Waals surface area contributed by atoms with E-state index in [9.17, 15) is 9.18 Å². The van der Waals surface area contributed by atoms with Gasteiger partial charge in [0.05, 0.1) is 0 Å². The molecule has 0 bridgehead atoms. The van der Waals surface area contributed by atoms with E-state index in [2.05, 4.69) is 9.97 Å². The van der Waals surface area contributed by atoms with Crippen LogP contribution in [0.3, 0.4) is 0 Å². The summed E-state index contributed by atoms with van der Waals surface area (Å²) in [7, 11) is 1.51. The van der Waals surface area contributed by atoms with Gasteiger partial charge in [-0.1, -0.05) is 0 Å². The highest BCUT2D eigenvalue weighted by Gasteiger charge is 2.28. The first-order chi connectivity index (χ1) is 12.2. The second kappa shape index (κ2) is 8.02. The van der Waals surface area contributed by atoms with Crippen molar-refractivity contribution >= 4 is 5.91 Å². The molecule has 1 saturated heterocycles. The Morgan fingerprint density at radius 2 is 2.04 bits per heavy atom. The van der Waals surface area contributed by atoms with Crippen LogP contribution in [0.4, 0.5) is 4.39 Å². The van der Waals surface area contributed by atoms with Crippen LogP contribution < -0.4 is 4.74 Å². The van der Waals surface area contributed by atoms with Gasteiger partial charge >= 0.3 is 0 Å². The third kappa shape index (κ3) is 4.30. The van der Waals surface area contributed by atoms with Crippen molar-refractivity contribution in [2.75, 3.05) is 26.8 Å². The zero-order valence-corrected chi connectivity index (χ0v) is 14.0. The van der Waals surface area contributed by atoms with E-state index in [4.69, 9.17) is 9.47 Å². The monoisotopic (exact) mass is 345 g/mol. The Balaban J connectivity index is 1.77. The molecule has 1 amide bonds. The topological polar surface area (TPSA) is 64.5 Å². The molecule has 25 heavy (non-hydrogen) atoms. The molecule has 0 saturated carbocycles. The molecule has 132 valence electrons. The SMILES string of the molecule is COCC(=O)N1CCCC(c2nccnc2Oc2ccc(F)cc2)C1. The van der Waals surface area contributed by atoms with Gasteiger partial charge in [0.2, 0.25) is 11.8 Å². The van der Waals surface area contributed by atoms with Crippen molar-refractivity contribution in [1.82, 2.24) is 14.9 Å². The van der Waals surface area contributed by atoms with Crippen LogP contribution >= 0.6 is 0 Å². The van der Waals surface area contributed by atoms with Crippen molar-refractivity contribution in [3.05, 3.63) is 48.2 Å². The summed E-state index contributed by atoms with van der Waals surface area (Å²) >= 11 is 0. The van der Waals surface area contributed by atoms with Crippen molar-refractivity contribution in [3.63, 3.8) is 0 Å². The number of rotatable bonds is 5. The molecule has 1 aromatic heterocycles. The molecule has 1 aliphatic rings. The molecule has 0 aliphatic carbocycles. The van der Waals surface area contributed by atoms with Crippen LogP contribution in [0.25, 0.3) is 0 Å². The largest absolute Gasteiger partial charge is 0.437 e. The Kier molecular flexibility index (Phi) is 5.55. The van der Waals surface area contributed by atoms with Crippen LogP contribution in [-0.4, -0.2) is 47.6 Å². The maximum absolute atomic E-state index is 13.0. The van der Waals surface area contributed by atoms with E-state index >= 15 is 0 Å². The smallest absolute Gasteiger partial charge is 0.248 e. The zero-order chi connectivity index (χ0) is 17.6. The van der Waals surface area contributed by atoms with Crippen LogP contribution in [0.15, 0.2) is 36.7 Å². The van der Waals surface area contributed by atoms with Crippen LogP contribution in [0, 0.1) is 5.82 Å². The fourth-order valence-corrected chi connectivity index (χ4v) is 2.95. The summed E-state index contributed by atoms with van der Waals surface area (Å²) in [4.78, 5) is 22.6. The molecular weight excluding hydrogens is 325 g/mol. The number of amides is 1. The average Bonchev–Trinajstić information content (AvgIpc) is 2.64. The fourth-order valence-electron chi connectivity index (χ4n) is 2.95. The number of likely N-dealkylation sites (tertiary alicyclic amines) is 1. The van der Waals surface area contributed by atoms with Gasteiger partial charge in [-0.2, -0.15) is 0 Å². The number of ether oxygens (including phenoxy) is 2. The van der Waals surface area contributed by atoms with E-state index in [-0.39, 0.29) is 24.2 Å². The van der Waals surface area contributed by atoms with E-state index in [1.54, 1.807) is 29.4 Å². The second-order valence-corrected chi connectivity index (χ2v) is 5.91. The standard InChI is InChI=1S/C18H20FN3O3/c1-24-12-16(23)22-10-2-3-13(11-22)17-18(21-9-8-20-17)25-15-6-4-14(19)5-7-15/h4-9,13H,2-3,10-12H2,1H3. The molecule has 7 heteroatoms. The Hall–Kier alpha value is -2.54. The molecule has 2 heterocycles. The zero-order valence-electron chi connectivity index (χ0n) is 14.0. The summed E-state index contributed by atoms with van der Waals surface area (Å²) < 4.78 is 23.8. The van der Waals surface area contributed by atoms with Crippen LogP contribution in [-0.2, 0) is 9.53 Å². The first-order valence-corrected chi connectivity index (χ1v) is 8.18. The number of hydrogen-bond donors (Lipinski definition) is 0. The third-order valence-corrected chi connectivity index (χ3v) is 4.15. The number of carbonyl (C=O) groups excluding carboxylic acids is 1. The maximum Gasteiger partial charge on any atom is 0.248 e. The molecular formula is C18H20FN3O3.